The van der Waals surface area contributed by atoms with Gasteiger partial charge in [0.2, 0.25) is 0 Å². The second kappa shape index (κ2) is 9.87. The minimum absolute atomic E-state index is 0.0121. The van der Waals surface area contributed by atoms with Crippen LogP contribution in [0, 0.1) is 23.0 Å². The largest absolute Gasteiger partial charge is 0.381 e. The summed E-state index contributed by atoms with van der Waals surface area (Å²) in [4.78, 5) is 8.28. The first-order valence-corrected chi connectivity index (χ1v) is 11.3. The van der Waals surface area contributed by atoms with E-state index >= 15 is 0 Å². The maximum absolute atomic E-state index is 14.8. The Morgan fingerprint density at radius 1 is 1.21 bits per heavy atom. The number of halogens is 2. The number of piperidine rings is 1. The summed E-state index contributed by atoms with van der Waals surface area (Å²) in [5, 5.41) is 24.9. The fraction of sp³-hybridized carbons (Fsp3) is 0.400. The Labute approximate surface area is 197 Å². The van der Waals surface area contributed by atoms with Gasteiger partial charge < -0.3 is 10.0 Å². The number of likely N-dealkylation sites (tertiary alicyclic amines) is 1. The minimum atomic E-state index is -1.64. The molecule has 0 unspecified atom stereocenters. The smallest absolute Gasteiger partial charge is 0.137 e. The van der Waals surface area contributed by atoms with Crippen molar-refractivity contribution in [2.75, 3.05) is 25.0 Å². The highest BCUT2D eigenvalue weighted by Crippen LogP contribution is 2.34. The number of nitriles is 1. The zero-order valence-corrected chi connectivity index (χ0v) is 19.3. The lowest BCUT2D eigenvalue weighted by Crippen LogP contribution is -2.55. The Kier molecular flexibility index (Phi) is 6.91. The summed E-state index contributed by atoms with van der Waals surface area (Å²) in [6, 6.07) is 12.8. The summed E-state index contributed by atoms with van der Waals surface area (Å²) in [5.41, 5.74) is 0.0629. The maximum atomic E-state index is 14.8. The Morgan fingerprint density at radius 2 is 1.91 bits per heavy atom. The molecule has 3 aromatic rings. The number of rotatable bonds is 7. The number of aliphatic hydroxyl groups is 1. The van der Waals surface area contributed by atoms with E-state index in [1.54, 1.807) is 0 Å². The SMILES string of the molecule is C[C@@H](N1CCC(N(C)c2ccc(C#N)cc2)CC1)[C@](O)(Cn1cncn1)c1ccc(F)cc1F. The van der Waals surface area contributed by atoms with E-state index in [9.17, 15) is 13.9 Å². The molecule has 0 amide bonds. The van der Waals surface area contributed by atoms with E-state index in [4.69, 9.17) is 5.26 Å². The fourth-order valence-electron chi connectivity index (χ4n) is 4.79. The number of anilines is 1. The van der Waals surface area contributed by atoms with Crippen molar-refractivity contribution < 1.29 is 13.9 Å². The number of benzene rings is 2. The molecule has 2 heterocycles. The second-order valence-corrected chi connectivity index (χ2v) is 8.85. The number of hydrogen-bond acceptors (Lipinski definition) is 6. The van der Waals surface area contributed by atoms with Gasteiger partial charge in [-0.2, -0.15) is 10.4 Å². The van der Waals surface area contributed by atoms with Gasteiger partial charge in [0, 0.05) is 49.5 Å². The topological polar surface area (TPSA) is 81.2 Å². The van der Waals surface area contributed by atoms with Crippen LogP contribution in [-0.2, 0) is 12.1 Å². The van der Waals surface area contributed by atoms with Gasteiger partial charge in [0.05, 0.1) is 18.2 Å². The standard InChI is InChI=1S/C25H28F2N6O/c1-18(25(34,15-33-17-29-16-30-33)23-8-5-20(26)13-24(23)27)32-11-9-22(10-12-32)31(2)21-6-3-19(14-28)4-7-21/h3-8,13,16-18,22,34H,9-12,15H2,1-2H3/t18-,25-/m1/s1. The maximum Gasteiger partial charge on any atom is 0.137 e. The molecule has 0 saturated carbocycles. The zero-order chi connectivity index (χ0) is 24.3. The summed E-state index contributed by atoms with van der Waals surface area (Å²) < 4.78 is 29.9. The zero-order valence-electron chi connectivity index (χ0n) is 19.3. The van der Waals surface area contributed by atoms with Crippen molar-refractivity contribution in [1.29, 1.82) is 5.26 Å². The van der Waals surface area contributed by atoms with Gasteiger partial charge in [-0.1, -0.05) is 6.07 Å². The van der Waals surface area contributed by atoms with E-state index in [1.807, 2.05) is 38.2 Å². The molecule has 1 N–H and O–H groups in total. The summed E-state index contributed by atoms with van der Waals surface area (Å²) in [7, 11) is 2.04. The minimum Gasteiger partial charge on any atom is -0.381 e. The highest BCUT2D eigenvalue weighted by molar-refractivity contribution is 5.50. The first-order valence-electron chi connectivity index (χ1n) is 11.3. The quantitative estimate of drug-likeness (QED) is 0.576. The molecule has 1 aliphatic rings. The van der Waals surface area contributed by atoms with Gasteiger partial charge >= 0.3 is 0 Å². The lowest BCUT2D eigenvalue weighted by atomic mass is 9.84. The van der Waals surface area contributed by atoms with Crippen LogP contribution in [0.15, 0.2) is 55.1 Å². The number of nitrogens with zero attached hydrogens (tertiary/aromatic N) is 6. The summed E-state index contributed by atoms with van der Waals surface area (Å²) >= 11 is 0. The molecular formula is C25H28F2N6O. The van der Waals surface area contributed by atoms with Gasteiger partial charge in [-0.05, 0) is 50.1 Å². The molecule has 4 rings (SSSR count). The average molecular weight is 467 g/mol. The van der Waals surface area contributed by atoms with Crippen molar-refractivity contribution in [2.45, 2.75) is 44.0 Å². The van der Waals surface area contributed by atoms with Crippen LogP contribution in [0.1, 0.15) is 30.9 Å². The monoisotopic (exact) mass is 466 g/mol. The van der Waals surface area contributed by atoms with Crippen LogP contribution in [0.4, 0.5) is 14.5 Å². The van der Waals surface area contributed by atoms with E-state index in [1.165, 1.54) is 23.4 Å². The molecule has 2 atom stereocenters. The fourth-order valence-corrected chi connectivity index (χ4v) is 4.79. The highest BCUT2D eigenvalue weighted by Gasteiger charge is 2.43. The number of hydrogen-bond donors (Lipinski definition) is 1. The van der Waals surface area contributed by atoms with Crippen LogP contribution < -0.4 is 4.90 Å². The first-order chi connectivity index (χ1) is 16.3. The molecular weight excluding hydrogens is 438 g/mol. The van der Waals surface area contributed by atoms with Crippen LogP contribution in [0.3, 0.4) is 0 Å². The predicted molar refractivity (Wildman–Crippen MR) is 124 cm³/mol. The first kappa shape index (κ1) is 23.8. The Balaban J connectivity index is 1.51. The number of aromatic nitrogens is 3. The lowest BCUT2D eigenvalue weighted by Gasteiger charge is -2.45. The molecule has 0 spiro atoms. The molecule has 0 radical (unpaired) electrons. The van der Waals surface area contributed by atoms with Crippen molar-refractivity contribution >= 4 is 5.69 Å². The van der Waals surface area contributed by atoms with Gasteiger partial charge in [0.15, 0.2) is 0 Å². The lowest BCUT2D eigenvalue weighted by molar-refractivity contribution is -0.0690. The molecule has 2 aromatic carbocycles. The van der Waals surface area contributed by atoms with Crippen molar-refractivity contribution in [3.05, 3.63) is 77.9 Å². The highest BCUT2D eigenvalue weighted by atomic mass is 19.1. The summed E-state index contributed by atoms with van der Waals surface area (Å²) in [5.74, 6) is -1.48. The molecule has 1 aromatic heterocycles. The molecule has 9 heteroatoms. The van der Waals surface area contributed by atoms with E-state index in [0.29, 0.717) is 24.7 Å². The van der Waals surface area contributed by atoms with E-state index in [2.05, 4.69) is 26.0 Å². The van der Waals surface area contributed by atoms with Gasteiger partial charge in [0.25, 0.3) is 0 Å². The summed E-state index contributed by atoms with van der Waals surface area (Å²) in [6.07, 6.45) is 4.53. The van der Waals surface area contributed by atoms with Gasteiger partial charge in [-0.15, -0.1) is 0 Å². The van der Waals surface area contributed by atoms with Gasteiger partial charge in [0.1, 0.15) is 29.9 Å². The van der Waals surface area contributed by atoms with Crippen LogP contribution in [0.2, 0.25) is 0 Å². The van der Waals surface area contributed by atoms with E-state index < -0.39 is 23.3 Å². The molecule has 7 nitrogen and oxygen atoms in total. The van der Waals surface area contributed by atoms with E-state index in [-0.39, 0.29) is 12.1 Å². The van der Waals surface area contributed by atoms with Crippen LogP contribution >= 0.6 is 0 Å². The normalized spacial score (nSPS) is 17.6. The third-order valence-corrected chi connectivity index (χ3v) is 6.96. The third-order valence-electron chi connectivity index (χ3n) is 6.96. The van der Waals surface area contributed by atoms with Crippen molar-refractivity contribution in [2.24, 2.45) is 0 Å². The van der Waals surface area contributed by atoms with Crippen LogP contribution in [0.25, 0.3) is 0 Å². The Bertz CT molecular complexity index is 1140. The van der Waals surface area contributed by atoms with Gasteiger partial charge in [-0.3, -0.25) is 4.90 Å². The molecule has 34 heavy (non-hydrogen) atoms. The predicted octanol–water partition coefficient (Wildman–Crippen LogP) is 3.31. The third kappa shape index (κ3) is 4.79. The molecule has 1 fully saturated rings. The Morgan fingerprint density at radius 3 is 2.50 bits per heavy atom. The van der Waals surface area contributed by atoms with Crippen molar-refractivity contribution in [1.82, 2.24) is 19.7 Å². The average Bonchev–Trinajstić information content (AvgIpc) is 3.36. The van der Waals surface area contributed by atoms with Gasteiger partial charge in [-0.25, -0.2) is 18.4 Å². The Hall–Kier alpha value is -3.35. The molecule has 178 valence electrons. The molecule has 1 saturated heterocycles. The van der Waals surface area contributed by atoms with Crippen molar-refractivity contribution in [3.8, 4) is 6.07 Å². The molecule has 0 aliphatic carbocycles. The van der Waals surface area contributed by atoms with Crippen molar-refractivity contribution in [3.63, 3.8) is 0 Å². The van der Waals surface area contributed by atoms with E-state index in [0.717, 1.165) is 30.7 Å². The van der Waals surface area contributed by atoms with Crippen LogP contribution in [0.5, 0.6) is 0 Å². The molecule has 0 bridgehead atoms. The summed E-state index contributed by atoms with van der Waals surface area (Å²) in [6.45, 7) is 3.26. The van der Waals surface area contributed by atoms with Crippen LogP contribution in [-0.4, -0.2) is 57.0 Å². The molecule has 1 aliphatic heterocycles. The second-order valence-electron chi connectivity index (χ2n) is 8.85.